The summed E-state index contributed by atoms with van der Waals surface area (Å²) in [7, 11) is 0. The first-order chi connectivity index (χ1) is 7.26. The van der Waals surface area contributed by atoms with E-state index in [1.54, 1.807) is 12.1 Å². The number of hydrogen-bond acceptors (Lipinski definition) is 2. The number of amides is 1. The molecule has 0 radical (unpaired) electrons. The zero-order valence-corrected chi connectivity index (χ0v) is 9.08. The van der Waals surface area contributed by atoms with Gasteiger partial charge in [-0.05, 0) is 36.8 Å². The molecule has 1 saturated carbocycles. The second-order valence-electron chi connectivity index (χ2n) is 4.37. The standard InChI is InChI=1S/C12H17NO2/c1-2-12(6-4-7-12)9-13-11(14)10-5-3-8-15-10/h3,5,8H,2,4,6-7,9H2,1H3,(H,13,14). The van der Waals surface area contributed by atoms with E-state index in [-0.39, 0.29) is 5.91 Å². The van der Waals surface area contributed by atoms with E-state index in [0.29, 0.717) is 11.2 Å². The van der Waals surface area contributed by atoms with Crippen molar-refractivity contribution in [2.75, 3.05) is 6.54 Å². The van der Waals surface area contributed by atoms with Crippen LogP contribution in [0.3, 0.4) is 0 Å². The molecule has 0 saturated heterocycles. The van der Waals surface area contributed by atoms with Crippen molar-refractivity contribution < 1.29 is 9.21 Å². The lowest BCUT2D eigenvalue weighted by molar-refractivity contribution is 0.0825. The molecule has 82 valence electrons. The van der Waals surface area contributed by atoms with Crippen LogP contribution in [0, 0.1) is 5.41 Å². The Morgan fingerprint density at radius 3 is 2.87 bits per heavy atom. The maximum absolute atomic E-state index is 11.6. The Kier molecular flexibility index (Phi) is 2.80. The quantitative estimate of drug-likeness (QED) is 0.824. The van der Waals surface area contributed by atoms with Crippen LogP contribution in [0.1, 0.15) is 43.2 Å². The summed E-state index contributed by atoms with van der Waals surface area (Å²) in [5.41, 5.74) is 0.363. The normalized spacial score (nSPS) is 18.2. The number of nitrogens with one attached hydrogen (secondary N) is 1. The van der Waals surface area contributed by atoms with Crippen LogP contribution in [0.25, 0.3) is 0 Å². The summed E-state index contributed by atoms with van der Waals surface area (Å²) in [6, 6.07) is 3.42. The fraction of sp³-hybridized carbons (Fsp3) is 0.583. The topological polar surface area (TPSA) is 42.2 Å². The van der Waals surface area contributed by atoms with Crippen molar-refractivity contribution in [3.05, 3.63) is 24.2 Å². The lowest BCUT2D eigenvalue weighted by Gasteiger charge is -2.41. The molecule has 0 atom stereocenters. The van der Waals surface area contributed by atoms with E-state index in [0.717, 1.165) is 13.0 Å². The Labute approximate surface area is 89.9 Å². The third kappa shape index (κ3) is 2.06. The molecule has 0 spiro atoms. The van der Waals surface area contributed by atoms with E-state index in [1.165, 1.54) is 25.5 Å². The third-order valence-corrected chi connectivity index (χ3v) is 3.53. The molecule has 1 aromatic rings. The van der Waals surface area contributed by atoms with E-state index in [4.69, 9.17) is 4.42 Å². The predicted molar refractivity (Wildman–Crippen MR) is 57.6 cm³/mol. The van der Waals surface area contributed by atoms with Crippen molar-refractivity contribution in [3.63, 3.8) is 0 Å². The van der Waals surface area contributed by atoms with E-state index < -0.39 is 0 Å². The first-order valence-corrected chi connectivity index (χ1v) is 5.57. The molecule has 1 heterocycles. The summed E-state index contributed by atoms with van der Waals surface area (Å²) in [6.07, 6.45) is 6.44. The lowest BCUT2D eigenvalue weighted by atomic mass is 9.67. The summed E-state index contributed by atoms with van der Waals surface area (Å²) < 4.78 is 5.03. The summed E-state index contributed by atoms with van der Waals surface area (Å²) in [5, 5.41) is 2.95. The molecule has 2 rings (SSSR count). The van der Waals surface area contributed by atoms with Crippen LogP contribution in [0.5, 0.6) is 0 Å². The zero-order valence-electron chi connectivity index (χ0n) is 9.08. The van der Waals surface area contributed by atoms with Gasteiger partial charge in [0.15, 0.2) is 5.76 Å². The minimum absolute atomic E-state index is 0.0975. The van der Waals surface area contributed by atoms with E-state index in [1.807, 2.05) is 0 Å². The van der Waals surface area contributed by atoms with Crippen molar-refractivity contribution in [2.24, 2.45) is 5.41 Å². The SMILES string of the molecule is CCC1(CNC(=O)c2ccco2)CCC1. The van der Waals surface area contributed by atoms with Gasteiger partial charge in [-0.15, -0.1) is 0 Å². The number of carbonyl (C=O) groups excluding carboxylic acids is 1. The fourth-order valence-corrected chi connectivity index (χ4v) is 2.09. The van der Waals surface area contributed by atoms with Crippen LogP contribution >= 0.6 is 0 Å². The Morgan fingerprint density at radius 1 is 1.60 bits per heavy atom. The molecule has 0 bridgehead atoms. The van der Waals surface area contributed by atoms with Crippen LogP contribution in [0.2, 0.25) is 0 Å². The average molecular weight is 207 g/mol. The monoisotopic (exact) mass is 207 g/mol. The molecular formula is C12H17NO2. The van der Waals surface area contributed by atoms with E-state index >= 15 is 0 Å². The van der Waals surface area contributed by atoms with E-state index in [9.17, 15) is 4.79 Å². The van der Waals surface area contributed by atoms with Crippen LogP contribution in [-0.4, -0.2) is 12.5 Å². The number of furan rings is 1. The first kappa shape index (κ1) is 10.3. The highest BCUT2D eigenvalue weighted by Crippen LogP contribution is 2.43. The van der Waals surface area contributed by atoms with Gasteiger partial charge in [0.2, 0.25) is 0 Å². The maximum atomic E-state index is 11.6. The van der Waals surface area contributed by atoms with Crippen LogP contribution in [-0.2, 0) is 0 Å². The molecule has 1 N–H and O–H groups in total. The summed E-state index contributed by atoms with van der Waals surface area (Å²) in [4.78, 5) is 11.6. The second kappa shape index (κ2) is 4.09. The molecule has 15 heavy (non-hydrogen) atoms. The van der Waals surface area contributed by atoms with Crippen molar-refractivity contribution >= 4 is 5.91 Å². The molecule has 1 aliphatic rings. The minimum Gasteiger partial charge on any atom is -0.459 e. The van der Waals surface area contributed by atoms with Crippen LogP contribution in [0.15, 0.2) is 22.8 Å². The molecule has 1 amide bonds. The molecule has 1 fully saturated rings. The molecule has 3 nitrogen and oxygen atoms in total. The van der Waals surface area contributed by atoms with Crippen molar-refractivity contribution in [2.45, 2.75) is 32.6 Å². The highest BCUT2D eigenvalue weighted by molar-refractivity contribution is 5.91. The molecule has 0 aliphatic heterocycles. The molecule has 1 aromatic heterocycles. The van der Waals surface area contributed by atoms with Gasteiger partial charge in [0.1, 0.15) is 0 Å². The molecule has 0 aromatic carbocycles. The van der Waals surface area contributed by atoms with Crippen molar-refractivity contribution in [3.8, 4) is 0 Å². The number of rotatable bonds is 4. The summed E-state index contributed by atoms with van der Waals surface area (Å²) in [6.45, 7) is 2.97. The van der Waals surface area contributed by atoms with Gasteiger partial charge in [0.25, 0.3) is 5.91 Å². The highest BCUT2D eigenvalue weighted by Gasteiger charge is 2.35. The predicted octanol–water partition coefficient (Wildman–Crippen LogP) is 2.59. The Bertz CT molecular complexity index is 320. The maximum Gasteiger partial charge on any atom is 0.286 e. The smallest absolute Gasteiger partial charge is 0.286 e. The second-order valence-corrected chi connectivity index (χ2v) is 4.37. The highest BCUT2D eigenvalue weighted by atomic mass is 16.3. The van der Waals surface area contributed by atoms with Gasteiger partial charge in [-0.1, -0.05) is 13.3 Å². The van der Waals surface area contributed by atoms with Gasteiger partial charge in [-0.25, -0.2) is 0 Å². The van der Waals surface area contributed by atoms with Crippen LogP contribution < -0.4 is 5.32 Å². The zero-order chi connectivity index (χ0) is 10.7. The first-order valence-electron chi connectivity index (χ1n) is 5.57. The summed E-state index contributed by atoms with van der Waals surface area (Å²) >= 11 is 0. The van der Waals surface area contributed by atoms with Gasteiger partial charge in [-0.2, -0.15) is 0 Å². The van der Waals surface area contributed by atoms with Gasteiger partial charge in [0, 0.05) is 6.54 Å². The molecule has 0 unspecified atom stereocenters. The van der Waals surface area contributed by atoms with Gasteiger partial charge in [-0.3, -0.25) is 4.79 Å². The molecule has 3 heteroatoms. The Balaban J connectivity index is 1.85. The van der Waals surface area contributed by atoms with Crippen molar-refractivity contribution in [1.82, 2.24) is 5.32 Å². The molecule has 1 aliphatic carbocycles. The van der Waals surface area contributed by atoms with Gasteiger partial charge >= 0.3 is 0 Å². The van der Waals surface area contributed by atoms with Gasteiger partial charge < -0.3 is 9.73 Å². The minimum atomic E-state index is -0.0975. The Hall–Kier alpha value is -1.25. The lowest BCUT2D eigenvalue weighted by Crippen LogP contribution is -2.41. The van der Waals surface area contributed by atoms with Crippen LogP contribution in [0.4, 0.5) is 0 Å². The largest absolute Gasteiger partial charge is 0.459 e. The Morgan fingerprint density at radius 2 is 2.40 bits per heavy atom. The van der Waals surface area contributed by atoms with Crippen molar-refractivity contribution in [1.29, 1.82) is 0 Å². The summed E-state index contributed by atoms with van der Waals surface area (Å²) in [5.74, 6) is 0.306. The number of carbonyl (C=O) groups is 1. The third-order valence-electron chi connectivity index (χ3n) is 3.53. The fourth-order valence-electron chi connectivity index (χ4n) is 2.09. The van der Waals surface area contributed by atoms with E-state index in [2.05, 4.69) is 12.2 Å². The molecular weight excluding hydrogens is 190 g/mol. The number of hydrogen-bond donors (Lipinski definition) is 1. The van der Waals surface area contributed by atoms with Gasteiger partial charge in [0.05, 0.1) is 6.26 Å². The average Bonchev–Trinajstić information content (AvgIpc) is 2.69.